The molecule has 2 aliphatic heterocycles. The molecule has 0 unspecified atom stereocenters. The maximum atomic E-state index is 13.0. The molecule has 5 rings (SSSR count). The first-order valence-electron chi connectivity index (χ1n) is 8.52. The van der Waals surface area contributed by atoms with E-state index >= 15 is 0 Å². The average molecular weight is 355 g/mol. The van der Waals surface area contributed by atoms with E-state index in [0.29, 0.717) is 12.5 Å². The van der Waals surface area contributed by atoms with Gasteiger partial charge in [0.2, 0.25) is 0 Å². The van der Waals surface area contributed by atoms with Crippen molar-refractivity contribution in [3.63, 3.8) is 0 Å². The summed E-state index contributed by atoms with van der Waals surface area (Å²) >= 11 is 0. The van der Waals surface area contributed by atoms with Crippen molar-refractivity contribution in [1.82, 2.24) is 5.32 Å². The van der Waals surface area contributed by atoms with E-state index in [2.05, 4.69) is 5.32 Å². The second-order valence-electron chi connectivity index (χ2n) is 7.55. The first kappa shape index (κ1) is 16.7. The first-order chi connectivity index (χ1) is 11.8. The normalized spacial score (nSPS) is 36.3. The predicted molar refractivity (Wildman–Crippen MR) is 83.0 cm³/mol. The quantitative estimate of drug-likeness (QED) is 0.883. The number of halogens is 3. The van der Waals surface area contributed by atoms with Crippen molar-refractivity contribution in [1.29, 1.82) is 0 Å². The lowest BCUT2D eigenvalue weighted by Crippen LogP contribution is -2.61. The highest BCUT2D eigenvalue weighted by Crippen LogP contribution is 2.64. The highest BCUT2D eigenvalue weighted by atomic mass is 19.4. The number of alkyl halides is 3. The number of ether oxygens (including phenoxy) is 2. The lowest BCUT2D eigenvalue weighted by molar-refractivity contribution is -0.242. The van der Waals surface area contributed by atoms with Crippen molar-refractivity contribution in [2.45, 2.75) is 43.5 Å². The van der Waals surface area contributed by atoms with Crippen LogP contribution in [0.3, 0.4) is 0 Å². The van der Waals surface area contributed by atoms with Crippen LogP contribution >= 0.6 is 0 Å². The number of carbonyl (C=O) groups excluding carboxylic acids is 1. The third kappa shape index (κ3) is 2.78. The van der Waals surface area contributed by atoms with E-state index in [1.165, 1.54) is 0 Å². The Labute approximate surface area is 143 Å². The fraction of sp³-hybridized carbons (Fsp3) is 0.611. The molecule has 0 spiro atoms. The zero-order valence-corrected chi connectivity index (χ0v) is 13.6. The van der Waals surface area contributed by atoms with E-state index in [4.69, 9.17) is 9.47 Å². The van der Waals surface area contributed by atoms with Crippen LogP contribution < -0.4 is 10.1 Å². The van der Waals surface area contributed by atoms with Gasteiger partial charge in [0, 0.05) is 18.9 Å². The van der Waals surface area contributed by atoms with Gasteiger partial charge in [-0.1, -0.05) is 18.2 Å². The van der Waals surface area contributed by atoms with Crippen LogP contribution in [0.4, 0.5) is 13.2 Å². The molecule has 4 nitrogen and oxygen atoms in total. The van der Waals surface area contributed by atoms with E-state index < -0.39 is 29.7 Å². The lowest BCUT2D eigenvalue weighted by Gasteiger charge is -2.45. The number of hydrogen-bond donors (Lipinski definition) is 1. The summed E-state index contributed by atoms with van der Waals surface area (Å²) in [6.07, 6.45) is -3.24. The second-order valence-corrected chi connectivity index (χ2v) is 7.55. The van der Waals surface area contributed by atoms with Crippen LogP contribution in [0.5, 0.6) is 5.75 Å². The summed E-state index contributed by atoms with van der Waals surface area (Å²) < 4.78 is 49.9. The van der Waals surface area contributed by atoms with Crippen LogP contribution in [0.2, 0.25) is 0 Å². The topological polar surface area (TPSA) is 47.6 Å². The molecule has 4 aliphatic rings. The smallest absolute Gasteiger partial charge is 0.396 e. The van der Waals surface area contributed by atoms with Gasteiger partial charge in [-0.25, -0.2) is 0 Å². The van der Waals surface area contributed by atoms with E-state index in [9.17, 15) is 18.0 Å². The van der Waals surface area contributed by atoms with Gasteiger partial charge < -0.3 is 14.8 Å². The Morgan fingerprint density at radius 2 is 1.92 bits per heavy atom. The van der Waals surface area contributed by atoms with Crippen LogP contribution in [-0.2, 0) is 9.53 Å². The number of para-hydroxylation sites is 1. The summed E-state index contributed by atoms with van der Waals surface area (Å²) in [5.74, 6) is 0.770. The summed E-state index contributed by atoms with van der Waals surface area (Å²) in [6.45, 7) is 0.178. The van der Waals surface area contributed by atoms with Crippen molar-refractivity contribution in [2.75, 3.05) is 13.2 Å². The molecule has 0 aromatic heterocycles. The molecule has 1 N–H and O–H groups in total. The molecule has 2 bridgehead atoms. The zero-order chi connectivity index (χ0) is 17.7. The van der Waals surface area contributed by atoms with Crippen molar-refractivity contribution in [3.8, 4) is 5.75 Å². The van der Waals surface area contributed by atoms with E-state index in [1.807, 2.05) is 30.3 Å². The van der Waals surface area contributed by atoms with Crippen molar-refractivity contribution in [2.24, 2.45) is 11.3 Å². The predicted octanol–water partition coefficient (Wildman–Crippen LogP) is 3.07. The summed E-state index contributed by atoms with van der Waals surface area (Å²) in [6, 6.07) is 9.49. The molecular weight excluding hydrogens is 335 g/mol. The Bertz CT molecular complexity index is 649. The molecule has 1 amide bonds. The summed E-state index contributed by atoms with van der Waals surface area (Å²) in [4.78, 5) is 12.3. The Morgan fingerprint density at radius 3 is 2.52 bits per heavy atom. The summed E-state index contributed by atoms with van der Waals surface area (Å²) in [5, 5.41) is 2.85. The van der Waals surface area contributed by atoms with E-state index in [0.717, 1.165) is 18.6 Å². The number of carbonyl (C=O) groups is 1. The van der Waals surface area contributed by atoms with Crippen LogP contribution in [0.15, 0.2) is 30.3 Å². The Balaban J connectivity index is 1.21. The number of amides is 1. The molecule has 1 aromatic rings. The maximum absolute atomic E-state index is 13.0. The third-order valence-corrected chi connectivity index (χ3v) is 5.69. The number of nitrogens with one attached hydrogen (secondary N) is 1. The summed E-state index contributed by atoms with van der Waals surface area (Å²) in [7, 11) is 0. The first-order valence-corrected chi connectivity index (χ1v) is 8.52. The van der Waals surface area contributed by atoms with Gasteiger partial charge in [0.05, 0.1) is 18.6 Å². The Morgan fingerprint density at radius 1 is 1.24 bits per heavy atom. The Kier molecular flexibility index (Phi) is 3.76. The Hall–Kier alpha value is -1.76. The highest BCUT2D eigenvalue weighted by molar-refractivity contribution is 5.87. The van der Waals surface area contributed by atoms with Crippen LogP contribution in [0.25, 0.3) is 0 Å². The highest BCUT2D eigenvalue weighted by Gasteiger charge is 2.76. The second kappa shape index (κ2) is 5.62. The van der Waals surface area contributed by atoms with Gasteiger partial charge in [0.15, 0.2) is 0 Å². The average Bonchev–Trinajstić information content (AvgIpc) is 3.07. The monoisotopic (exact) mass is 355 g/mol. The molecule has 2 heterocycles. The standard InChI is InChI=1S/C18H20F3NO3/c19-18(20,21)16-9-17(10-16,25-11-16)15(23)22-13-6-12(7-13)8-24-14-4-2-1-3-5-14/h1-5,12-13H,6-11H2,(H,22,23). The number of hydrogen-bond acceptors (Lipinski definition) is 3. The van der Waals surface area contributed by atoms with Crippen molar-refractivity contribution < 1.29 is 27.4 Å². The van der Waals surface area contributed by atoms with Gasteiger partial charge in [0.25, 0.3) is 5.91 Å². The molecule has 0 radical (unpaired) electrons. The van der Waals surface area contributed by atoms with Crippen LogP contribution in [0, 0.1) is 11.3 Å². The molecule has 4 fully saturated rings. The SMILES string of the molecule is O=C(NC1CC(COc2ccccc2)C1)C12CC(C(F)(F)F)(CO1)C2. The fourth-order valence-corrected chi connectivity index (χ4v) is 4.07. The lowest BCUT2D eigenvalue weighted by atomic mass is 9.61. The van der Waals surface area contributed by atoms with E-state index in [-0.39, 0.29) is 18.9 Å². The van der Waals surface area contributed by atoms with Gasteiger partial charge in [-0.3, -0.25) is 4.79 Å². The molecule has 2 saturated heterocycles. The van der Waals surface area contributed by atoms with Gasteiger partial charge in [-0.2, -0.15) is 13.2 Å². The largest absolute Gasteiger partial charge is 0.493 e. The zero-order valence-electron chi connectivity index (χ0n) is 13.6. The van der Waals surface area contributed by atoms with Crippen molar-refractivity contribution >= 4 is 5.91 Å². The molecule has 25 heavy (non-hydrogen) atoms. The molecule has 2 aliphatic carbocycles. The maximum Gasteiger partial charge on any atom is 0.396 e. The van der Waals surface area contributed by atoms with Crippen LogP contribution in [-0.4, -0.2) is 36.9 Å². The molecule has 2 saturated carbocycles. The van der Waals surface area contributed by atoms with Crippen LogP contribution in [0.1, 0.15) is 25.7 Å². The minimum absolute atomic E-state index is 0.00339. The van der Waals surface area contributed by atoms with Gasteiger partial charge >= 0.3 is 6.18 Å². The minimum atomic E-state index is -4.30. The van der Waals surface area contributed by atoms with Gasteiger partial charge in [-0.15, -0.1) is 0 Å². The van der Waals surface area contributed by atoms with Gasteiger partial charge in [0.1, 0.15) is 11.4 Å². The van der Waals surface area contributed by atoms with Gasteiger partial charge in [-0.05, 0) is 30.9 Å². The summed E-state index contributed by atoms with van der Waals surface area (Å²) in [5.41, 5.74) is -3.07. The minimum Gasteiger partial charge on any atom is -0.493 e. The third-order valence-electron chi connectivity index (χ3n) is 5.69. The molecule has 136 valence electrons. The van der Waals surface area contributed by atoms with Crippen molar-refractivity contribution in [3.05, 3.63) is 30.3 Å². The number of rotatable bonds is 5. The fourth-order valence-electron chi connectivity index (χ4n) is 4.07. The molecule has 1 aromatic carbocycles. The number of benzene rings is 1. The molecule has 7 heteroatoms. The number of fused-ring (bicyclic) bond motifs is 1. The van der Waals surface area contributed by atoms with E-state index in [1.54, 1.807) is 0 Å². The molecule has 0 atom stereocenters. The molecular formula is C18H20F3NO3.